The summed E-state index contributed by atoms with van der Waals surface area (Å²) in [6.07, 6.45) is 0. The van der Waals surface area contributed by atoms with Crippen molar-refractivity contribution in [2.45, 2.75) is 26.4 Å². The van der Waals surface area contributed by atoms with Crippen molar-refractivity contribution in [1.82, 2.24) is 15.6 Å². The third-order valence-electron chi connectivity index (χ3n) is 3.27. The summed E-state index contributed by atoms with van der Waals surface area (Å²) in [5.41, 5.74) is 3.86. The van der Waals surface area contributed by atoms with Crippen molar-refractivity contribution in [3.63, 3.8) is 0 Å². The van der Waals surface area contributed by atoms with Gasteiger partial charge in [0.1, 0.15) is 0 Å². The van der Waals surface area contributed by atoms with E-state index in [1.54, 1.807) is 24.5 Å². The van der Waals surface area contributed by atoms with E-state index < -0.39 is 0 Å². The van der Waals surface area contributed by atoms with Gasteiger partial charge in [0.2, 0.25) is 0 Å². The number of aliphatic imine (C=N–C) groups is 1. The number of rotatable bonds is 4. The summed E-state index contributed by atoms with van der Waals surface area (Å²) in [6, 6.07) is 5.51. The van der Waals surface area contributed by atoms with Crippen molar-refractivity contribution >= 4 is 64.5 Å². The number of aryl methyl sites for hydroxylation is 1. The molecule has 0 spiro atoms. The van der Waals surface area contributed by atoms with E-state index in [4.69, 9.17) is 23.2 Å². The van der Waals surface area contributed by atoms with E-state index in [0.717, 1.165) is 11.3 Å². The monoisotopic (exact) mass is 484 g/mol. The van der Waals surface area contributed by atoms with E-state index in [1.165, 1.54) is 4.88 Å². The largest absolute Gasteiger partial charge is 0.351 e. The Morgan fingerprint density at radius 2 is 2.13 bits per heavy atom. The SMILES string of the molecule is CN=C(NCc1scnc1C)NC(C)c1ccc(Cl)cc1Cl.I. The summed E-state index contributed by atoms with van der Waals surface area (Å²) in [6.45, 7) is 4.72. The summed E-state index contributed by atoms with van der Waals surface area (Å²) >= 11 is 13.8. The van der Waals surface area contributed by atoms with Crippen LogP contribution in [0.5, 0.6) is 0 Å². The highest BCUT2D eigenvalue weighted by molar-refractivity contribution is 14.0. The molecule has 8 heteroatoms. The number of guanidine groups is 1. The van der Waals surface area contributed by atoms with Crippen molar-refractivity contribution in [2.75, 3.05) is 7.05 Å². The van der Waals surface area contributed by atoms with Gasteiger partial charge >= 0.3 is 0 Å². The van der Waals surface area contributed by atoms with E-state index in [2.05, 4.69) is 20.6 Å². The van der Waals surface area contributed by atoms with Gasteiger partial charge in [-0.2, -0.15) is 0 Å². The molecule has 0 aliphatic carbocycles. The van der Waals surface area contributed by atoms with Crippen LogP contribution in [0.4, 0.5) is 0 Å². The summed E-state index contributed by atoms with van der Waals surface area (Å²) in [5.74, 6) is 0.714. The fraction of sp³-hybridized carbons (Fsp3) is 0.333. The Morgan fingerprint density at radius 1 is 1.39 bits per heavy atom. The molecule has 2 rings (SSSR count). The molecule has 1 heterocycles. The molecule has 0 aliphatic heterocycles. The summed E-state index contributed by atoms with van der Waals surface area (Å²) in [5, 5.41) is 7.87. The molecule has 1 atom stereocenters. The van der Waals surface area contributed by atoms with Gasteiger partial charge in [0, 0.05) is 22.0 Å². The molecular formula is C15H19Cl2IN4S. The number of hydrogen-bond acceptors (Lipinski definition) is 3. The maximum absolute atomic E-state index is 6.24. The second-order valence-electron chi connectivity index (χ2n) is 4.82. The second kappa shape index (κ2) is 9.66. The fourth-order valence-electron chi connectivity index (χ4n) is 1.99. The lowest BCUT2D eigenvalue weighted by atomic mass is 10.1. The summed E-state index contributed by atoms with van der Waals surface area (Å²) in [4.78, 5) is 9.67. The number of thiazole rings is 1. The molecule has 0 saturated heterocycles. The lowest BCUT2D eigenvalue weighted by Crippen LogP contribution is -2.38. The van der Waals surface area contributed by atoms with Crippen LogP contribution in [0.2, 0.25) is 10.0 Å². The molecule has 2 N–H and O–H groups in total. The molecule has 1 unspecified atom stereocenters. The van der Waals surface area contributed by atoms with E-state index in [9.17, 15) is 0 Å². The quantitative estimate of drug-likeness (QED) is 0.372. The molecule has 0 saturated carbocycles. The van der Waals surface area contributed by atoms with E-state index in [1.807, 2.05) is 31.5 Å². The van der Waals surface area contributed by atoms with Crippen molar-refractivity contribution in [2.24, 2.45) is 4.99 Å². The number of nitrogens with zero attached hydrogens (tertiary/aromatic N) is 2. The van der Waals surface area contributed by atoms with Crippen molar-refractivity contribution in [3.8, 4) is 0 Å². The number of aromatic nitrogens is 1. The zero-order valence-corrected chi connectivity index (χ0v) is 17.7. The zero-order valence-electron chi connectivity index (χ0n) is 13.1. The highest BCUT2D eigenvalue weighted by atomic mass is 127. The molecule has 0 amide bonds. The van der Waals surface area contributed by atoms with Crippen LogP contribution in [0.3, 0.4) is 0 Å². The Labute approximate surface area is 167 Å². The van der Waals surface area contributed by atoms with Crippen molar-refractivity contribution in [3.05, 3.63) is 49.9 Å². The van der Waals surface area contributed by atoms with Crippen LogP contribution in [0.15, 0.2) is 28.7 Å². The summed E-state index contributed by atoms with van der Waals surface area (Å²) < 4.78 is 0. The van der Waals surface area contributed by atoms with Gasteiger partial charge in [0.05, 0.1) is 23.8 Å². The smallest absolute Gasteiger partial charge is 0.191 e. The van der Waals surface area contributed by atoms with Gasteiger partial charge in [0.25, 0.3) is 0 Å². The third-order valence-corrected chi connectivity index (χ3v) is 4.76. The maximum Gasteiger partial charge on any atom is 0.191 e. The van der Waals surface area contributed by atoms with Gasteiger partial charge in [-0.25, -0.2) is 4.98 Å². The van der Waals surface area contributed by atoms with Crippen LogP contribution >= 0.6 is 58.5 Å². The van der Waals surface area contributed by atoms with E-state index >= 15 is 0 Å². The van der Waals surface area contributed by atoms with Crippen LogP contribution in [0.25, 0.3) is 0 Å². The van der Waals surface area contributed by atoms with Gasteiger partial charge in [-0.15, -0.1) is 35.3 Å². The Bertz CT molecular complexity index is 675. The average Bonchev–Trinajstić information content (AvgIpc) is 2.88. The molecule has 0 bridgehead atoms. The number of nitrogens with one attached hydrogen (secondary N) is 2. The molecule has 23 heavy (non-hydrogen) atoms. The van der Waals surface area contributed by atoms with Gasteiger partial charge in [0.15, 0.2) is 5.96 Å². The zero-order chi connectivity index (χ0) is 16.1. The molecule has 1 aromatic carbocycles. The normalized spacial score (nSPS) is 12.5. The lowest BCUT2D eigenvalue weighted by molar-refractivity contribution is 0.686. The van der Waals surface area contributed by atoms with Crippen molar-refractivity contribution in [1.29, 1.82) is 0 Å². The van der Waals surface area contributed by atoms with Crippen LogP contribution < -0.4 is 10.6 Å². The Hall–Kier alpha value is -0.570. The minimum atomic E-state index is 0. The molecule has 0 radical (unpaired) electrons. The number of halogens is 3. The van der Waals surface area contributed by atoms with Gasteiger partial charge < -0.3 is 10.6 Å². The Kier molecular flexibility index (Phi) is 8.60. The van der Waals surface area contributed by atoms with Crippen LogP contribution in [-0.2, 0) is 6.54 Å². The lowest BCUT2D eigenvalue weighted by Gasteiger charge is -2.19. The first-order chi connectivity index (χ1) is 10.5. The Morgan fingerprint density at radius 3 is 2.70 bits per heavy atom. The highest BCUT2D eigenvalue weighted by Gasteiger charge is 2.12. The van der Waals surface area contributed by atoms with Gasteiger partial charge in [-0.05, 0) is 31.5 Å². The molecule has 0 aliphatic rings. The number of benzene rings is 1. The third kappa shape index (κ3) is 5.77. The average molecular weight is 485 g/mol. The second-order valence-corrected chi connectivity index (χ2v) is 6.60. The maximum atomic E-state index is 6.24. The molecule has 0 fully saturated rings. The summed E-state index contributed by atoms with van der Waals surface area (Å²) in [7, 11) is 1.74. The van der Waals surface area contributed by atoms with E-state index in [-0.39, 0.29) is 30.0 Å². The molecule has 1 aromatic heterocycles. The first-order valence-electron chi connectivity index (χ1n) is 6.82. The minimum absolute atomic E-state index is 0. The standard InChI is InChI=1S/C15H18Cl2N4S.HI/c1-9(12-5-4-11(16)6-13(12)17)21-15(18-3)19-7-14-10(2)20-8-22-14;/h4-6,8-9H,7H2,1-3H3,(H2,18,19,21);1H. The van der Waals surface area contributed by atoms with Crippen LogP contribution in [-0.4, -0.2) is 18.0 Å². The van der Waals surface area contributed by atoms with Crippen LogP contribution in [0, 0.1) is 6.92 Å². The van der Waals surface area contributed by atoms with Gasteiger partial charge in [-0.3, -0.25) is 4.99 Å². The molecular weight excluding hydrogens is 466 g/mol. The van der Waals surface area contributed by atoms with Crippen molar-refractivity contribution < 1.29 is 0 Å². The first-order valence-corrected chi connectivity index (χ1v) is 8.46. The van der Waals surface area contributed by atoms with Crippen LogP contribution in [0.1, 0.15) is 29.1 Å². The Balaban J connectivity index is 0.00000264. The van der Waals surface area contributed by atoms with Gasteiger partial charge in [-0.1, -0.05) is 29.3 Å². The first kappa shape index (κ1) is 20.5. The minimum Gasteiger partial charge on any atom is -0.351 e. The molecule has 4 nitrogen and oxygen atoms in total. The molecule has 2 aromatic rings. The predicted molar refractivity (Wildman–Crippen MR) is 110 cm³/mol. The number of hydrogen-bond donors (Lipinski definition) is 2. The highest BCUT2D eigenvalue weighted by Crippen LogP contribution is 2.26. The van der Waals surface area contributed by atoms with E-state index in [0.29, 0.717) is 22.5 Å². The predicted octanol–water partition coefficient (Wildman–Crippen LogP) is 4.80. The topological polar surface area (TPSA) is 49.3 Å². The fourth-order valence-corrected chi connectivity index (χ4v) is 3.28. The molecule has 126 valence electrons.